The predicted octanol–water partition coefficient (Wildman–Crippen LogP) is 2.04. The number of carbonyl (C=O) groups is 3. The quantitative estimate of drug-likeness (QED) is 0.735. The lowest BCUT2D eigenvalue weighted by Crippen LogP contribution is -2.51. The molecule has 1 aromatic carbocycles. The maximum Gasteiger partial charge on any atom is 0.313 e. The van der Waals surface area contributed by atoms with E-state index < -0.39 is 17.4 Å². The molecule has 7 nitrogen and oxygen atoms in total. The van der Waals surface area contributed by atoms with Gasteiger partial charge in [0.25, 0.3) is 5.91 Å². The van der Waals surface area contributed by atoms with Gasteiger partial charge in [0.2, 0.25) is 5.91 Å². The Labute approximate surface area is 163 Å². The number of hydrogen-bond donors (Lipinski definition) is 2. The molecule has 0 aliphatic carbocycles. The zero-order valence-electron chi connectivity index (χ0n) is 15.7. The number of carboxylic acids is 1. The third-order valence-electron chi connectivity index (χ3n) is 4.87. The summed E-state index contributed by atoms with van der Waals surface area (Å²) in [4.78, 5) is 38.6. The minimum atomic E-state index is -1.11. The molecule has 1 aliphatic heterocycles. The van der Waals surface area contributed by atoms with Crippen LogP contribution in [-0.2, 0) is 14.3 Å². The van der Waals surface area contributed by atoms with Crippen LogP contribution in [0.5, 0.6) is 0 Å². The molecule has 2 amide bonds. The van der Waals surface area contributed by atoms with Crippen molar-refractivity contribution in [2.24, 2.45) is 11.3 Å². The Morgan fingerprint density at radius 2 is 1.93 bits per heavy atom. The Kier molecular flexibility index (Phi) is 6.84. The second-order valence-electron chi connectivity index (χ2n) is 7.23. The Balaban J connectivity index is 2.12. The number of halogens is 1. The van der Waals surface area contributed by atoms with Crippen LogP contribution in [0.2, 0.25) is 5.02 Å². The standard InChI is InChI=1S/C19H25ClN2O5/c1-12(2)15(21-16(23)13-4-6-14(20)7-5-13)17(24)22-9-8-19(10-22,11-27-3)18(25)26/h4-7,12,15H,8-11H2,1-3H3,(H,21,23)(H,25,26). The van der Waals surface area contributed by atoms with Gasteiger partial charge in [-0.2, -0.15) is 0 Å². The smallest absolute Gasteiger partial charge is 0.313 e. The molecule has 2 unspecified atom stereocenters. The number of nitrogens with one attached hydrogen (secondary N) is 1. The largest absolute Gasteiger partial charge is 0.481 e. The van der Waals surface area contributed by atoms with E-state index in [2.05, 4.69) is 5.32 Å². The highest BCUT2D eigenvalue weighted by atomic mass is 35.5. The van der Waals surface area contributed by atoms with E-state index in [-0.39, 0.29) is 30.9 Å². The first-order valence-corrected chi connectivity index (χ1v) is 9.15. The second-order valence-corrected chi connectivity index (χ2v) is 7.67. The first-order valence-electron chi connectivity index (χ1n) is 8.78. The van der Waals surface area contributed by atoms with E-state index in [9.17, 15) is 19.5 Å². The highest BCUT2D eigenvalue weighted by Gasteiger charge is 2.47. The van der Waals surface area contributed by atoms with Crippen molar-refractivity contribution in [1.82, 2.24) is 10.2 Å². The lowest BCUT2D eigenvalue weighted by molar-refractivity contribution is -0.151. The Bertz CT molecular complexity index is 707. The molecule has 2 atom stereocenters. The average Bonchev–Trinajstić information content (AvgIpc) is 3.05. The first kappa shape index (κ1) is 21.2. The van der Waals surface area contributed by atoms with Gasteiger partial charge >= 0.3 is 5.97 Å². The molecule has 1 heterocycles. The molecule has 148 valence electrons. The van der Waals surface area contributed by atoms with Gasteiger partial charge in [0, 0.05) is 30.8 Å². The van der Waals surface area contributed by atoms with Crippen LogP contribution < -0.4 is 5.32 Å². The van der Waals surface area contributed by atoms with Crippen LogP contribution in [0.4, 0.5) is 0 Å². The van der Waals surface area contributed by atoms with Gasteiger partial charge in [0.15, 0.2) is 0 Å². The topological polar surface area (TPSA) is 95.9 Å². The van der Waals surface area contributed by atoms with Crippen molar-refractivity contribution in [2.75, 3.05) is 26.8 Å². The fraction of sp³-hybridized carbons (Fsp3) is 0.526. The zero-order valence-corrected chi connectivity index (χ0v) is 16.5. The van der Waals surface area contributed by atoms with E-state index in [0.717, 1.165) is 0 Å². The molecule has 2 N–H and O–H groups in total. The molecule has 8 heteroatoms. The second kappa shape index (κ2) is 8.71. The number of carbonyl (C=O) groups excluding carboxylic acids is 2. The fourth-order valence-electron chi connectivity index (χ4n) is 3.23. The number of rotatable bonds is 7. The van der Waals surface area contributed by atoms with Gasteiger partial charge in [-0.1, -0.05) is 25.4 Å². The molecule has 0 bridgehead atoms. The molecule has 1 fully saturated rings. The summed E-state index contributed by atoms with van der Waals surface area (Å²) >= 11 is 5.84. The van der Waals surface area contributed by atoms with Crippen molar-refractivity contribution < 1.29 is 24.2 Å². The molecule has 1 aromatic rings. The van der Waals surface area contributed by atoms with Gasteiger partial charge in [-0.15, -0.1) is 0 Å². The minimum Gasteiger partial charge on any atom is -0.481 e. The molecule has 0 saturated carbocycles. The summed E-state index contributed by atoms with van der Waals surface area (Å²) in [5.41, 5.74) is -0.704. The number of benzene rings is 1. The lowest BCUT2D eigenvalue weighted by Gasteiger charge is -2.28. The molecule has 27 heavy (non-hydrogen) atoms. The summed E-state index contributed by atoms with van der Waals surface area (Å²) < 4.78 is 5.06. The molecule has 0 spiro atoms. The highest BCUT2D eigenvalue weighted by molar-refractivity contribution is 6.30. The van der Waals surface area contributed by atoms with Gasteiger partial charge in [-0.25, -0.2) is 0 Å². The van der Waals surface area contributed by atoms with Crippen LogP contribution in [-0.4, -0.2) is 60.6 Å². The summed E-state index contributed by atoms with van der Waals surface area (Å²) in [7, 11) is 1.44. The molecule has 0 radical (unpaired) electrons. The molecule has 2 rings (SSSR count). The Morgan fingerprint density at radius 3 is 2.44 bits per heavy atom. The summed E-state index contributed by atoms with van der Waals surface area (Å²) in [6.07, 6.45) is 0.317. The van der Waals surface area contributed by atoms with Crippen LogP contribution in [0.3, 0.4) is 0 Å². The van der Waals surface area contributed by atoms with Gasteiger partial charge in [-0.3, -0.25) is 14.4 Å². The first-order chi connectivity index (χ1) is 12.7. The minimum absolute atomic E-state index is 0.0373. The van der Waals surface area contributed by atoms with Crippen LogP contribution in [0.25, 0.3) is 0 Å². The Hall–Kier alpha value is -2.12. The van der Waals surface area contributed by atoms with E-state index in [1.54, 1.807) is 24.3 Å². The van der Waals surface area contributed by atoms with Gasteiger partial charge in [0.1, 0.15) is 11.5 Å². The molecule has 1 saturated heterocycles. The number of hydrogen-bond acceptors (Lipinski definition) is 4. The predicted molar refractivity (Wildman–Crippen MR) is 101 cm³/mol. The monoisotopic (exact) mass is 396 g/mol. The van der Waals surface area contributed by atoms with Crippen LogP contribution >= 0.6 is 11.6 Å². The third kappa shape index (κ3) is 4.78. The van der Waals surface area contributed by atoms with Crippen molar-refractivity contribution in [1.29, 1.82) is 0 Å². The summed E-state index contributed by atoms with van der Waals surface area (Å²) in [6, 6.07) is 5.64. The van der Waals surface area contributed by atoms with E-state index in [4.69, 9.17) is 16.3 Å². The summed E-state index contributed by atoms with van der Waals surface area (Å²) in [5.74, 6) is -1.80. The summed E-state index contributed by atoms with van der Waals surface area (Å²) in [5, 5.41) is 12.8. The number of ether oxygens (including phenoxy) is 1. The van der Waals surface area contributed by atoms with E-state index >= 15 is 0 Å². The number of likely N-dealkylation sites (tertiary alicyclic amines) is 1. The number of carboxylic acid groups (broad SMARTS) is 1. The Morgan fingerprint density at radius 1 is 1.30 bits per heavy atom. The van der Waals surface area contributed by atoms with E-state index in [1.807, 2.05) is 13.8 Å². The van der Waals surface area contributed by atoms with Gasteiger partial charge in [-0.05, 0) is 36.6 Å². The SMILES string of the molecule is COCC1(C(=O)O)CCN(C(=O)C(NC(=O)c2ccc(Cl)cc2)C(C)C)C1. The van der Waals surface area contributed by atoms with Crippen LogP contribution in [0.15, 0.2) is 24.3 Å². The molecular weight excluding hydrogens is 372 g/mol. The average molecular weight is 397 g/mol. The number of amides is 2. The molecule has 0 aromatic heterocycles. The maximum atomic E-state index is 13.0. The van der Waals surface area contributed by atoms with Crippen molar-refractivity contribution in [3.05, 3.63) is 34.9 Å². The number of nitrogens with zero attached hydrogens (tertiary/aromatic N) is 1. The van der Waals surface area contributed by atoms with Crippen LogP contribution in [0, 0.1) is 11.3 Å². The summed E-state index contributed by atoms with van der Waals surface area (Å²) in [6.45, 7) is 4.08. The van der Waals surface area contributed by atoms with Crippen molar-refractivity contribution in [2.45, 2.75) is 26.3 Å². The van der Waals surface area contributed by atoms with Crippen molar-refractivity contribution in [3.63, 3.8) is 0 Å². The number of methoxy groups -OCH3 is 1. The number of aliphatic carboxylic acids is 1. The van der Waals surface area contributed by atoms with Crippen molar-refractivity contribution >= 4 is 29.4 Å². The third-order valence-corrected chi connectivity index (χ3v) is 5.12. The maximum absolute atomic E-state index is 13.0. The van der Waals surface area contributed by atoms with Crippen LogP contribution in [0.1, 0.15) is 30.6 Å². The normalized spacial score (nSPS) is 20.6. The molecule has 1 aliphatic rings. The zero-order chi connectivity index (χ0) is 20.2. The van der Waals surface area contributed by atoms with Gasteiger partial charge < -0.3 is 20.1 Å². The highest BCUT2D eigenvalue weighted by Crippen LogP contribution is 2.32. The van der Waals surface area contributed by atoms with E-state index in [0.29, 0.717) is 23.6 Å². The lowest BCUT2D eigenvalue weighted by atomic mass is 9.88. The fourth-order valence-corrected chi connectivity index (χ4v) is 3.35. The van der Waals surface area contributed by atoms with Gasteiger partial charge in [0.05, 0.1) is 6.61 Å². The van der Waals surface area contributed by atoms with E-state index in [1.165, 1.54) is 12.0 Å². The van der Waals surface area contributed by atoms with Crippen molar-refractivity contribution in [3.8, 4) is 0 Å². The molecular formula is C19H25ClN2O5.